The molecule has 0 amide bonds. The lowest BCUT2D eigenvalue weighted by molar-refractivity contribution is 0.0985. The number of rotatable bonds is 2. The Bertz CT molecular complexity index is 830. The normalized spacial score (nSPS) is 18.5. The second kappa shape index (κ2) is 5.62. The predicted octanol–water partition coefficient (Wildman–Crippen LogP) is 2.55. The summed E-state index contributed by atoms with van der Waals surface area (Å²) in [6.45, 7) is 6.62. The number of aryl methyl sites for hydroxylation is 1. The summed E-state index contributed by atoms with van der Waals surface area (Å²) in [5.41, 5.74) is 3.83. The molecule has 0 aromatic carbocycles. The van der Waals surface area contributed by atoms with Gasteiger partial charge in [-0.15, -0.1) is 0 Å². The maximum Gasteiger partial charge on any atom is 0.130 e. The second-order valence-corrected chi connectivity index (χ2v) is 5.94. The standard InChI is InChI=1S/C17H19N5O/c1-11-9-15(22-7-8-23-10-12(22)2)20-16-13(11)3-5-18-17(16)14-4-6-19-21-14/h3-6,9,12H,7-8,10H2,1-2H3,(H,19,21)/t12-/m1/s1. The van der Waals surface area contributed by atoms with E-state index >= 15 is 0 Å². The Hall–Kier alpha value is -2.47. The molecule has 1 aliphatic rings. The topological polar surface area (TPSA) is 66.9 Å². The molecule has 1 fully saturated rings. The molecular formula is C17H19N5O. The zero-order valence-corrected chi connectivity index (χ0v) is 13.3. The third-order valence-electron chi connectivity index (χ3n) is 4.34. The molecule has 0 unspecified atom stereocenters. The minimum Gasteiger partial charge on any atom is -0.377 e. The SMILES string of the molecule is Cc1cc(N2CCOC[C@H]2C)nc2c(-c3ccn[nH]3)nccc12. The Labute approximate surface area is 134 Å². The van der Waals surface area contributed by atoms with Gasteiger partial charge in [0.25, 0.3) is 0 Å². The zero-order chi connectivity index (χ0) is 15.8. The highest BCUT2D eigenvalue weighted by Crippen LogP contribution is 2.29. The van der Waals surface area contributed by atoms with E-state index in [4.69, 9.17) is 9.72 Å². The van der Waals surface area contributed by atoms with E-state index in [2.05, 4.69) is 40.0 Å². The van der Waals surface area contributed by atoms with Gasteiger partial charge in [-0.3, -0.25) is 10.1 Å². The van der Waals surface area contributed by atoms with E-state index in [1.807, 2.05) is 18.3 Å². The first-order chi connectivity index (χ1) is 11.2. The van der Waals surface area contributed by atoms with Gasteiger partial charge in [0, 0.05) is 24.3 Å². The highest BCUT2D eigenvalue weighted by Gasteiger charge is 2.21. The monoisotopic (exact) mass is 309 g/mol. The average molecular weight is 309 g/mol. The number of nitrogens with zero attached hydrogens (tertiary/aromatic N) is 4. The summed E-state index contributed by atoms with van der Waals surface area (Å²) in [4.78, 5) is 11.8. The Morgan fingerprint density at radius 3 is 3.00 bits per heavy atom. The maximum atomic E-state index is 5.54. The number of nitrogens with one attached hydrogen (secondary N) is 1. The molecule has 0 bridgehead atoms. The first kappa shape index (κ1) is 14.1. The highest BCUT2D eigenvalue weighted by atomic mass is 16.5. The molecule has 1 aliphatic heterocycles. The number of pyridine rings is 2. The molecule has 1 saturated heterocycles. The molecule has 1 atom stereocenters. The van der Waals surface area contributed by atoms with Crippen LogP contribution in [-0.2, 0) is 4.74 Å². The number of morpholine rings is 1. The van der Waals surface area contributed by atoms with Crippen LogP contribution < -0.4 is 4.90 Å². The number of aromatic nitrogens is 4. The molecule has 118 valence electrons. The van der Waals surface area contributed by atoms with Crippen molar-refractivity contribution in [3.05, 3.63) is 36.2 Å². The Balaban J connectivity index is 1.90. The number of aromatic amines is 1. The number of hydrogen-bond acceptors (Lipinski definition) is 5. The lowest BCUT2D eigenvalue weighted by atomic mass is 10.1. The minimum absolute atomic E-state index is 0.320. The summed E-state index contributed by atoms with van der Waals surface area (Å²) in [6, 6.07) is 6.41. The van der Waals surface area contributed by atoms with Crippen LogP contribution >= 0.6 is 0 Å². The molecule has 6 nitrogen and oxygen atoms in total. The van der Waals surface area contributed by atoms with E-state index in [1.54, 1.807) is 6.20 Å². The lowest BCUT2D eigenvalue weighted by Crippen LogP contribution is -2.44. The fraction of sp³-hybridized carbons (Fsp3) is 0.353. The van der Waals surface area contributed by atoms with Gasteiger partial charge in [-0.1, -0.05) is 0 Å². The summed E-state index contributed by atoms with van der Waals surface area (Å²) in [5, 5.41) is 8.14. The van der Waals surface area contributed by atoms with Gasteiger partial charge >= 0.3 is 0 Å². The fourth-order valence-corrected chi connectivity index (χ4v) is 3.10. The van der Waals surface area contributed by atoms with E-state index in [0.717, 1.165) is 47.9 Å². The van der Waals surface area contributed by atoms with Crippen LogP contribution in [0.3, 0.4) is 0 Å². The van der Waals surface area contributed by atoms with Gasteiger partial charge in [-0.05, 0) is 37.6 Å². The second-order valence-electron chi connectivity index (χ2n) is 5.94. The zero-order valence-electron chi connectivity index (χ0n) is 13.3. The van der Waals surface area contributed by atoms with Crippen LogP contribution in [-0.4, -0.2) is 46.0 Å². The number of fused-ring (bicyclic) bond motifs is 1. The number of H-pyrrole nitrogens is 1. The van der Waals surface area contributed by atoms with Crippen molar-refractivity contribution in [1.82, 2.24) is 20.2 Å². The molecule has 3 aromatic rings. The number of ether oxygens (including phenoxy) is 1. The Kier molecular flexibility index (Phi) is 3.46. The van der Waals surface area contributed by atoms with Gasteiger partial charge in [0.2, 0.25) is 0 Å². The van der Waals surface area contributed by atoms with Crippen molar-refractivity contribution in [1.29, 1.82) is 0 Å². The van der Waals surface area contributed by atoms with Crippen molar-refractivity contribution >= 4 is 16.7 Å². The van der Waals surface area contributed by atoms with Crippen LogP contribution in [0.4, 0.5) is 5.82 Å². The molecule has 4 heterocycles. The minimum atomic E-state index is 0.320. The van der Waals surface area contributed by atoms with E-state index in [0.29, 0.717) is 6.04 Å². The number of anilines is 1. The van der Waals surface area contributed by atoms with E-state index in [1.165, 1.54) is 5.56 Å². The first-order valence-electron chi connectivity index (χ1n) is 7.84. The highest BCUT2D eigenvalue weighted by molar-refractivity contribution is 5.93. The molecule has 6 heteroatoms. The predicted molar refractivity (Wildman–Crippen MR) is 89.5 cm³/mol. The molecule has 0 radical (unpaired) electrons. The van der Waals surface area contributed by atoms with Crippen molar-refractivity contribution in [3.8, 4) is 11.4 Å². The molecule has 4 rings (SSSR count). The third-order valence-corrected chi connectivity index (χ3v) is 4.34. The molecule has 3 aromatic heterocycles. The van der Waals surface area contributed by atoms with Gasteiger partial charge in [-0.2, -0.15) is 5.10 Å². The summed E-state index contributed by atoms with van der Waals surface area (Å²) >= 11 is 0. The van der Waals surface area contributed by atoms with Crippen molar-refractivity contribution in [2.75, 3.05) is 24.7 Å². The van der Waals surface area contributed by atoms with E-state index < -0.39 is 0 Å². The lowest BCUT2D eigenvalue weighted by Gasteiger charge is -2.34. The molecule has 0 aliphatic carbocycles. The molecule has 0 saturated carbocycles. The van der Waals surface area contributed by atoms with Gasteiger partial charge in [-0.25, -0.2) is 4.98 Å². The number of hydrogen-bond donors (Lipinski definition) is 1. The van der Waals surface area contributed by atoms with E-state index in [-0.39, 0.29) is 0 Å². The summed E-state index contributed by atoms with van der Waals surface area (Å²) in [7, 11) is 0. The summed E-state index contributed by atoms with van der Waals surface area (Å²) < 4.78 is 5.54. The van der Waals surface area contributed by atoms with Crippen molar-refractivity contribution in [2.45, 2.75) is 19.9 Å². The van der Waals surface area contributed by atoms with Crippen LogP contribution in [0, 0.1) is 6.92 Å². The summed E-state index contributed by atoms with van der Waals surface area (Å²) in [5.74, 6) is 0.986. The molecular weight excluding hydrogens is 290 g/mol. The molecule has 0 spiro atoms. The summed E-state index contributed by atoms with van der Waals surface area (Å²) in [6.07, 6.45) is 3.56. The van der Waals surface area contributed by atoms with Gasteiger partial charge < -0.3 is 9.64 Å². The Morgan fingerprint density at radius 2 is 2.22 bits per heavy atom. The third kappa shape index (κ3) is 2.45. The molecule has 23 heavy (non-hydrogen) atoms. The van der Waals surface area contributed by atoms with Crippen molar-refractivity contribution < 1.29 is 4.74 Å². The van der Waals surface area contributed by atoms with E-state index in [9.17, 15) is 0 Å². The van der Waals surface area contributed by atoms with Crippen LogP contribution in [0.1, 0.15) is 12.5 Å². The van der Waals surface area contributed by atoms with Crippen LogP contribution in [0.2, 0.25) is 0 Å². The first-order valence-corrected chi connectivity index (χ1v) is 7.84. The van der Waals surface area contributed by atoms with Crippen LogP contribution in [0.25, 0.3) is 22.3 Å². The van der Waals surface area contributed by atoms with Crippen LogP contribution in [0.5, 0.6) is 0 Å². The maximum absolute atomic E-state index is 5.54. The van der Waals surface area contributed by atoms with Gasteiger partial charge in [0.15, 0.2) is 0 Å². The smallest absolute Gasteiger partial charge is 0.130 e. The molecule has 1 N–H and O–H groups in total. The van der Waals surface area contributed by atoms with Crippen LogP contribution in [0.15, 0.2) is 30.6 Å². The quantitative estimate of drug-likeness (QED) is 0.788. The van der Waals surface area contributed by atoms with Crippen molar-refractivity contribution in [2.24, 2.45) is 0 Å². The van der Waals surface area contributed by atoms with Gasteiger partial charge in [0.05, 0.1) is 24.9 Å². The fourth-order valence-electron chi connectivity index (χ4n) is 3.10. The largest absolute Gasteiger partial charge is 0.377 e. The van der Waals surface area contributed by atoms with Crippen molar-refractivity contribution in [3.63, 3.8) is 0 Å². The average Bonchev–Trinajstić information content (AvgIpc) is 3.09. The van der Waals surface area contributed by atoms with Gasteiger partial charge in [0.1, 0.15) is 17.0 Å². The Morgan fingerprint density at radius 1 is 1.30 bits per heavy atom.